The zero-order valence-corrected chi connectivity index (χ0v) is 15.9. The molecule has 2 atom stereocenters. The molecule has 1 fully saturated rings. The fraction of sp³-hybridized carbons (Fsp3) is 0.421. The van der Waals surface area contributed by atoms with Crippen LogP contribution in [0.25, 0.3) is 0 Å². The molecule has 0 heterocycles. The Bertz CT molecular complexity index is 463. The molecule has 0 spiro atoms. The average molecular weight is 363 g/mol. The fourth-order valence-corrected chi connectivity index (χ4v) is 5.14. The molecule has 0 unspecified atom stereocenters. The summed E-state index contributed by atoms with van der Waals surface area (Å²) in [4.78, 5) is 3.77. The molecule has 119 valence electrons. The quantitative estimate of drug-likeness (QED) is 0.688. The maximum atomic E-state index is 5.77. The molecule has 0 aromatic heterocycles. The van der Waals surface area contributed by atoms with Gasteiger partial charge in [0, 0.05) is 0 Å². The monoisotopic (exact) mass is 364 g/mol. The molecule has 0 saturated heterocycles. The summed E-state index contributed by atoms with van der Waals surface area (Å²) in [5, 5.41) is 1.07. The summed E-state index contributed by atoms with van der Waals surface area (Å²) in [7, 11) is 6.10. The molecule has 1 saturated carbocycles. The molecule has 1 aromatic rings. The topological polar surface area (TPSA) is 12.5 Å². The van der Waals surface area contributed by atoms with Crippen LogP contribution < -0.4 is 0 Å². The van der Waals surface area contributed by atoms with Gasteiger partial charge in [-0.15, -0.1) is 0 Å². The van der Waals surface area contributed by atoms with Gasteiger partial charge in [0.2, 0.25) is 0 Å². The van der Waals surface area contributed by atoms with Crippen molar-refractivity contribution in [2.24, 2.45) is 0 Å². The van der Waals surface area contributed by atoms with Gasteiger partial charge in [0.1, 0.15) is 0 Å². The molecule has 0 N–H and O–H groups in total. The Kier molecular flexibility index (Phi) is 6.95. The van der Waals surface area contributed by atoms with Crippen molar-refractivity contribution in [2.75, 3.05) is 21.2 Å². The number of rotatable bonds is 7. The van der Waals surface area contributed by atoms with E-state index in [-0.39, 0.29) is 6.10 Å². The number of nitrogens with zero attached hydrogens (tertiary/aromatic N) is 1. The van der Waals surface area contributed by atoms with Crippen molar-refractivity contribution in [1.82, 2.24) is 4.90 Å². The van der Waals surface area contributed by atoms with E-state index in [9.17, 15) is 0 Å². The van der Waals surface area contributed by atoms with Crippen LogP contribution in [-0.2, 0) is 4.74 Å². The van der Waals surface area contributed by atoms with Crippen LogP contribution in [0.2, 0.25) is 5.32 Å². The third-order valence-electron chi connectivity index (χ3n) is 4.24. The Balaban J connectivity index is 1.97. The molecule has 1 aliphatic carbocycles. The Labute approximate surface area is 142 Å². The molecule has 22 heavy (non-hydrogen) atoms. The van der Waals surface area contributed by atoms with Crippen molar-refractivity contribution in [2.45, 2.75) is 31.3 Å². The first kappa shape index (κ1) is 18.0. The first-order valence-corrected chi connectivity index (χ1v) is 9.74. The van der Waals surface area contributed by atoms with Crippen molar-refractivity contribution >= 4 is 15.0 Å². The fourth-order valence-electron chi connectivity index (χ4n) is 2.57. The van der Waals surface area contributed by atoms with Gasteiger partial charge in [0.05, 0.1) is 0 Å². The molecule has 5 radical (unpaired) electrons. The second kappa shape index (κ2) is 8.49. The molecule has 1 aromatic carbocycles. The van der Waals surface area contributed by atoms with Crippen LogP contribution in [-0.4, -0.2) is 47.1 Å². The zero-order chi connectivity index (χ0) is 16.1. The first-order chi connectivity index (χ1) is 10.5. The summed E-state index contributed by atoms with van der Waals surface area (Å²) in [5.41, 5.74) is 2.63. The van der Waals surface area contributed by atoms with Gasteiger partial charge in [0.25, 0.3) is 0 Å². The summed E-state index contributed by atoms with van der Waals surface area (Å²) in [5.74, 6) is 1.46. The third-order valence-corrected chi connectivity index (χ3v) is 6.66. The maximum absolute atomic E-state index is 5.77. The molecule has 2 rings (SSSR count). The molecule has 0 aliphatic heterocycles. The molecule has 1 aliphatic rings. The predicted octanol–water partition coefficient (Wildman–Crippen LogP) is 3.49. The Morgan fingerprint density at radius 3 is 2.55 bits per heavy atom. The number of methoxy groups -OCH3 is 1. The van der Waals surface area contributed by atoms with Gasteiger partial charge >= 0.3 is 143 Å². The second-order valence-corrected chi connectivity index (χ2v) is 8.10. The molecular formula is C19H26NOSe. The van der Waals surface area contributed by atoms with Gasteiger partial charge < -0.3 is 0 Å². The molecular weight excluding hydrogens is 337 g/mol. The van der Waals surface area contributed by atoms with Crippen LogP contribution in [0.5, 0.6) is 0 Å². The molecule has 0 amide bonds. The summed E-state index contributed by atoms with van der Waals surface area (Å²) >= 11 is 0.423. The van der Waals surface area contributed by atoms with Crippen molar-refractivity contribution in [3.63, 3.8) is 0 Å². The van der Waals surface area contributed by atoms with E-state index in [0.29, 0.717) is 21.0 Å². The van der Waals surface area contributed by atoms with E-state index < -0.39 is 0 Å². The van der Waals surface area contributed by atoms with Crippen LogP contribution in [0.15, 0.2) is 24.3 Å². The number of hydrogen-bond donors (Lipinski definition) is 0. The minimum absolute atomic E-state index is 0.193. The third kappa shape index (κ3) is 4.35. The van der Waals surface area contributed by atoms with Crippen LogP contribution in [0.4, 0.5) is 0 Å². The predicted molar refractivity (Wildman–Crippen MR) is 94.0 cm³/mol. The Morgan fingerprint density at radius 2 is 1.91 bits per heavy atom. The van der Waals surface area contributed by atoms with Crippen molar-refractivity contribution in [3.05, 3.63) is 65.4 Å². The van der Waals surface area contributed by atoms with Gasteiger partial charge in [-0.1, -0.05) is 0 Å². The van der Waals surface area contributed by atoms with Crippen molar-refractivity contribution in [3.8, 4) is 0 Å². The summed E-state index contributed by atoms with van der Waals surface area (Å²) in [6.45, 7) is 4.43. The number of benzene rings is 1. The Hall–Kier alpha value is -0.341. The summed E-state index contributed by atoms with van der Waals surface area (Å²) in [6.07, 6.45) is 6.91. The van der Waals surface area contributed by atoms with Crippen LogP contribution in [0.3, 0.4) is 0 Å². The van der Waals surface area contributed by atoms with Crippen LogP contribution >= 0.6 is 0 Å². The normalized spacial score (nSPS) is 19.7. The standard InChI is InChI=1S/C19H26NOSe/c1-14-9-6-7-10-16(14)18(21-5)13-22-19-12-8-11-17(19)15(2)20(3)4/h6-12,15,18H,13H2,1-5H3/t15-,18+/m1/s1. The second-order valence-electron chi connectivity index (χ2n) is 5.88. The van der Waals surface area contributed by atoms with E-state index in [1.807, 2.05) is 7.11 Å². The van der Waals surface area contributed by atoms with E-state index in [2.05, 4.69) is 76.4 Å². The minimum atomic E-state index is 0.193. The van der Waals surface area contributed by atoms with Crippen molar-refractivity contribution < 1.29 is 4.74 Å². The van der Waals surface area contributed by atoms with Gasteiger partial charge in [-0.25, -0.2) is 0 Å². The first-order valence-electron chi connectivity index (χ1n) is 7.67. The molecule has 3 heteroatoms. The number of aryl methyl sites for hydroxylation is 1. The van der Waals surface area contributed by atoms with Crippen LogP contribution in [0.1, 0.15) is 24.2 Å². The average Bonchev–Trinajstić information content (AvgIpc) is 2.97. The van der Waals surface area contributed by atoms with Gasteiger partial charge in [-0.2, -0.15) is 0 Å². The van der Waals surface area contributed by atoms with Crippen molar-refractivity contribution in [1.29, 1.82) is 0 Å². The van der Waals surface area contributed by atoms with E-state index in [0.717, 1.165) is 5.32 Å². The van der Waals surface area contributed by atoms with E-state index in [4.69, 9.17) is 4.74 Å². The Morgan fingerprint density at radius 1 is 1.18 bits per heavy atom. The van der Waals surface area contributed by atoms with E-state index >= 15 is 0 Å². The number of ether oxygens (including phenoxy) is 1. The summed E-state index contributed by atoms with van der Waals surface area (Å²) in [6, 6.07) is 9.00. The van der Waals surface area contributed by atoms with Crippen LogP contribution in [0, 0.1) is 36.9 Å². The van der Waals surface area contributed by atoms with Gasteiger partial charge in [0.15, 0.2) is 0 Å². The van der Waals surface area contributed by atoms with Gasteiger partial charge in [-0.05, 0) is 0 Å². The molecule has 2 nitrogen and oxygen atoms in total. The zero-order valence-electron chi connectivity index (χ0n) is 14.2. The summed E-state index contributed by atoms with van der Waals surface area (Å²) < 4.78 is 5.77. The molecule has 0 bridgehead atoms. The SMILES string of the molecule is CO[C@@H](C[Se][C]1[CH][CH][CH][C]1[C@@H](C)N(C)C)c1ccccc1C. The van der Waals surface area contributed by atoms with E-state index in [1.54, 1.807) is 0 Å². The van der Waals surface area contributed by atoms with E-state index in [1.165, 1.54) is 21.9 Å². The number of hydrogen-bond acceptors (Lipinski definition) is 2. The van der Waals surface area contributed by atoms with Gasteiger partial charge in [-0.3, -0.25) is 0 Å².